The van der Waals surface area contributed by atoms with Crippen LogP contribution in [0.3, 0.4) is 0 Å². The van der Waals surface area contributed by atoms with E-state index in [0.717, 1.165) is 64.2 Å². The van der Waals surface area contributed by atoms with Crippen LogP contribution in [-0.2, 0) is 18.4 Å². The molecule has 3 atom stereocenters. The van der Waals surface area contributed by atoms with E-state index in [2.05, 4.69) is 55.6 Å². The molecule has 0 aliphatic heterocycles. The molecule has 0 heterocycles. The second-order valence-corrected chi connectivity index (χ2v) is 18.1. The topological polar surface area (TPSA) is 108 Å². The average Bonchev–Trinajstić information content (AvgIpc) is 3.13. The monoisotopic (exact) mass is 797 g/mol. The lowest BCUT2D eigenvalue weighted by Crippen LogP contribution is -2.46. The maximum Gasteiger partial charge on any atom is 0.268 e. The first-order valence-electron chi connectivity index (χ1n) is 22.8. The summed E-state index contributed by atoms with van der Waals surface area (Å²) in [6.45, 7) is 4.60. The molecule has 0 saturated carbocycles. The number of hydrogen-bond donors (Lipinski definition) is 2. The molecule has 0 aromatic heterocycles. The number of unbranched alkanes of at least 4 members (excludes halogenated alkanes) is 22. The van der Waals surface area contributed by atoms with Gasteiger partial charge in [0.15, 0.2) is 0 Å². The number of allylic oxidation sites excluding steroid dienone is 6. The van der Waals surface area contributed by atoms with E-state index in [0.29, 0.717) is 23.9 Å². The lowest BCUT2D eigenvalue weighted by molar-refractivity contribution is -0.870. The Hall–Kier alpha value is -1.28. The van der Waals surface area contributed by atoms with E-state index in [9.17, 15) is 19.4 Å². The fraction of sp³-hybridized carbons (Fsp3) is 0.848. The zero-order valence-electron chi connectivity index (χ0n) is 36.6. The van der Waals surface area contributed by atoms with Gasteiger partial charge in [-0.05, 0) is 44.9 Å². The summed E-state index contributed by atoms with van der Waals surface area (Å²) in [5.74, 6) is -0.176. The number of rotatable bonds is 41. The molecule has 324 valence electrons. The Morgan fingerprint density at radius 1 is 0.655 bits per heavy atom. The minimum Gasteiger partial charge on any atom is -0.756 e. The van der Waals surface area contributed by atoms with Gasteiger partial charge in [-0.1, -0.05) is 185 Å². The average molecular weight is 797 g/mol. The molecule has 0 spiro atoms. The summed E-state index contributed by atoms with van der Waals surface area (Å²) in [5.41, 5.74) is 0. The van der Waals surface area contributed by atoms with Gasteiger partial charge in [0.2, 0.25) is 5.91 Å². The second kappa shape index (κ2) is 38.2. The van der Waals surface area contributed by atoms with E-state index in [1.54, 1.807) is 0 Å². The van der Waals surface area contributed by atoms with Crippen molar-refractivity contribution in [2.75, 3.05) is 40.9 Å². The minimum absolute atomic E-state index is 0.00947. The number of carbonyl (C=O) groups excluding carboxylic acids is 1. The van der Waals surface area contributed by atoms with Crippen molar-refractivity contribution < 1.29 is 32.9 Å². The molecule has 1 amide bonds. The number of quaternary nitrogens is 1. The van der Waals surface area contributed by atoms with Crippen molar-refractivity contribution >= 4 is 13.7 Å². The predicted molar refractivity (Wildman–Crippen MR) is 233 cm³/mol. The Morgan fingerprint density at radius 2 is 1.11 bits per heavy atom. The van der Waals surface area contributed by atoms with Gasteiger partial charge in [0.05, 0.1) is 39.9 Å². The van der Waals surface area contributed by atoms with Crippen LogP contribution in [-0.4, -0.2) is 68.5 Å². The van der Waals surface area contributed by atoms with Crippen molar-refractivity contribution in [2.45, 2.75) is 212 Å². The van der Waals surface area contributed by atoms with E-state index in [4.69, 9.17) is 9.05 Å². The number of nitrogens with zero attached hydrogens (tertiary/aromatic N) is 1. The zero-order valence-corrected chi connectivity index (χ0v) is 37.5. The molecule has 0 aromatic carbocycles. The number of likely N-dealkylation sites (N-methyl/N-ethyl adjacent to an activating group) is 1. The molecule has 0 rings (SSSR count). The summed E-state index contributed by atoms with van der Waals surface area (Å²) < 4.78 is 23.3. The number of aliphatic hydroxyl groups is 1. The number of aliphatic hydroxyl groups excluding tert-OH is 1. The van der Waals surface area contributed by atoms with Crippen LogP contribution < -0.4 is 10.2 Å². The molecular formula is C46H89N2O6P. The lowest BCUT2D eigenvalue weighted by atomic mass is 10.0. The third-order valence-electron chi connectivity index (χ3n) is 10.1. The standard InChI is InChI=1S/C46H89N2O6P/c1-6-8-10-12-14-16-18-20-22-24-26-28-30-32-34-36-38-40-46(50)47-44(43-54-55(51,52)53-42-41-48(3,4)5)45(49)39-37-35-33-31-29-27-25-23-21-19-17-15-13-11-9-7-2/h8,10,14,16,20,22,44-45,49H,6-7,9,11-13,15,17-19,21,23-43H2,1-5H3,(H-,47,50,51,52)/b10-8-,16-14-,22-20-. The highest BCUT2D eigenvalue weighted by molar-refractivity contribution is 7.45. The van der Waals surface area contributed by atoms with E-state index in [1.165, 1.54) is 109 Å². The van der Waals surface area contributed by atoms with Gasteiger partial charge in [-0.3, -0.25) is 9.36 Å². The number of phosphoric ester groups is 1. The number of hydrogen-bond acceptors (Lipinski definition) is 6. The molecule has 8 nitrogen and oxygen atoms in total. The second-order valence-electron chi connectivity index (χ2n) is 16.7. The van der Waals surface area contributed by atoms with Crippen molar-refractivity contribution in [3.63, 3.8) is 0 Å². The molecular weight excluding hydrogens is 707 g/mol. The van der Waals surface area contributed by atoms with Crippen LogP contribution in [0, 0.1) is 0 Å². The predicted octanol–water partition coefficient (Wildman–Crippen LogP) is 12.1. The van der Waals surface area contributed by atoms with Crippen LogP contribution in [0.4, 0.5) is 0 Å². The Labute approximate surface area is 340 Å². The van der Waals surface area contributed by atoms with Gasteiger partial charge in [0.25, 0.3) is 7.82 Å². The quantitative estimate of drug-likeness (QED) is 0.0276. The van der Waals surface area contributed by atoms with Crippen molar-refractivity contribution in [3.8, 4) is 0 Å². The molecule has 0 fully saturated rings. The van der Waals surface area contributed by atoms with E-state index < -0.39 is 20.0 Å². The van der Waals surface area contributed by atoms with Crippen molar-refractivity contribution in [2.24, 2.45) is 0 Å². The summed E-state index contributed by atoms with van der Waals surface area (Å²) in [6.07, 6.45) is 45.7. The van der Waals surface area contributed by atoms with Gasteiger partial charge >= 0.3 is 0 Å². The van der Waals surface area contributed by atoms with Crippen molar-refractivity contribution in [1.82, 2.24) is 5.32 Å². The van der Waals surface area contributed by atoms with Crippen LogP contribution in [0.5, 0.6) is 0 Å². The van der Waals surface area contributed by atoms with Gasteiger partial charge in [-0.15, -0.1) is 0 Å². The van der Waals surface area contributed by atoms with Gasteiger partial charge in [0, 0.05) is 6.42 Å². The van der Waals surface area contributed by atoms with Gasteiger partial charge in [-0.25, -0.2) is 0 Å². The Kier molecular flexibility index (Phi) is 37.4. The molecule has 9 heteroatoms. The van der Waals surface area contributed by atoms with E-state index in [-0.39, 0.29) is 19.1 Å². The minimum atomic E-state index is -4.57. The molecule has 0 bridgehead atoms. The SMILES string of the molecule is CC/C=C\C/C=C\C/C=C\CCCCCCCCCC(=O)NC(COP(=O)([O-])OCC[N+](C)(C)C)C(O)CCCCCCCCCCCCCCCCCC. The molecule has 3 unspecified atom stereocenters. The van der Waals surface area contributed by atoms with E-state index >= 15 is 0 Å². The fourth-order valence-corrected chi connectivity index (χ4v) is 7.25. The number of phosphoric acid groups is 1. The molecule has 0 aromatic rings. The summed E-state index contributed by atoms with van der Waals surface area (Å²) in [7, 11) is 1.29. The summed E-state index contributed by atoms with van der Waals surface area (Å²) >= 11 is 0. The van der Waals surface area contributed by atoms with Crippen LogP contribution >= 0.6 is 7.82 Å². The maximum atomic E-state index is 12.9. The highest BCUT2D eigenvalue weighted by atomic mass is 31.2. The first-order chi connectivity index (χ1) is 26.5. The van der Waals surface area contributed by atoms with Crippen molar-refractivity contribution in [1.29, 1.82) is 0 Å². The van der Waals surface area contributed by atoms with Crippen LogP contribution in [0.1, 0.15) is 200 Å². The molecule has 0 saturated heterocycles. The fourth-order valence-electron chi connectivity index (χ4n) is 6.52. The normalized spacial score (nSPS) is 14.7. The highest BCUT2D eigenvalue weighted by Gasteiger charge is 2.24. The highest BCUT2D eigenvalue weighted by Crippen LogP contribution is 2.38. The van der Waals surface area contributed by atoms with Crippen LogP contribution in [0.25, 0.3) is 0 Å². The smallest absolute Gasteiger partial charge is 0.268 e. The molecule has 0 aliphatic rings. The van der Waals surface area contributed by atoms with Crippen LogP contribution in [0.2, 0.25) is 0 Å². The van der Waals surface area contributed by atoms with Crippen molar-refractivity contribution in [3.05, 3.63) is 36.5 Å². The largest absolute Gasteiger partial charge is 0.756 e. The summed E-state index contributed by atoms with van der Waals surface area (Å²) in [5, 5.41) is 13.9. The third-order valence-corrected chi connectivity index (χ3v) is 11.1. The van der Waals surface area contributed by atoms with Crippen LogP contribution in [0.15, 0.2) is 36.5 Å². The molecule has 2 N–H and O–H groups in total. The molecule has 0 radical (unpaired) electrons. The Bertz CT molecular complexity index is 995. The summed E-state index contributed by atoms with van der Waals surface area (Å²) in [6, 6.07) is -0.805. The van der Waals surface area contributed by atoms with Gasteiger partial charge < -0.3 is 28.8 Å². The third kappa shape index (κ3) is 40.7. The first kappa shape index (κ1) is 53.7. The van der Waals surface area contributed by atoms with Gasteiger partial charge in [0.1, 0.15) is 13.2 Å². The molecule has 55 heavy (non-hydrogen) atoms. The Morgan fingerprint density at radius 3 is 1.62 bits per heavy atom. The maximum absolute atomic E-state index is 12.9. The Balaban J connectivity index is 4.36. The number of amides is 1. The number of carbonyl (C=O) groups is 1. The summed E-state index contributed by atoms with van der Waals surface area (Å²) in [4.78, 5) is 25.3. The first-order valence-corrected chi connectivity index (χ1v) is 24.3. The van der Waals surface area contributed by atoms with Gasteiger partial charge in [-0.2, -0.15) is 0 Å². The number of nitrogens with one attached hydrogen (secondary N) is 1. The zero-order chi connectivity index (χ0) is 40.7. The lowest BCUT2D eigenvalue weighted by Gasteiger charge is -2.30. The molecule has 0 aliphatic carbocycles. The van der Waals surface area contributed by atoms with E-state index in [1.807, 2.05) is 21.1 Å².